The van der Waals surface area contributed by atoms with Crippen molar-refractivity contribution in [3.05, 3.63) is 29.6 Å². The molecule has 0 fully saturated rings. The Labute approximate surface area is 80.7 Å². The standard InChI is InChI=1S/C10H8FNO2/c1-7(13)14-10-3-2-9(11)6-8(10)4-5-12/h2-3,6H,4H2,1H3. The molecule has 0 heterocycles. The average Bonchev–Trinajstić information content (AvgIpc) is 2.09. The van der Waals surface area contributed by atoms with Crippen LogP contribution in [0.25, 0.3) is 0 Å². The van der Waals surface area contributed by atoms with Crippen molar-refractivity contribution >= 4 is 5.97 Å². The van der Waals surface area contributed by atoms with Crippen LogP contribution in [0.5, 0.6) is 5.75 Å². The van der Waals surface area contributed by atoms with E-state index in [0.29, 0.717) is 5.56 Å². The van der Waals surface area contributed by atoms with Crippen LogP contribution in [0.1, 0.15) is 12.5 Å². The maximum Gasteiger partial charge on any atom is 0.308 e. The van der Waals surface area contributed by atoms with Crippen LogP contribution in [0.15, 0.2) is 18.2 Å². The Balaban J connectivity index is 3.02. The van der Waals surface area contributed by atoms with E-state index in [1.54, 1.807) is 0 Å². The van der Waals surface area contributed by atoms with Gasteiger partial charge in [0, 0.05) is 12.5 Å². The second kappa shape index (κ2) is 4.38. The largest absolute Gasteiger partial charge is 0.426 e. The van der Waals surface area contributed by atoms with Crippen LogP contribution in [0.2, 0.25) is 0 Å². The normalized spacial score (nSPS) is 9.21. The van der Waals surface area contributed by atoms with Crippen LogP contribution >= 0.6 is 0 Å². The minimum Gasteiger partial charge on any atom is -0.426 e. The molecule has 0 unspecified atom stereocenters. The number of esters is 1. The molecular weight excluding hydrogens is 185 g/mol. The molecule has 0 N–H and O–H groups in total. The topological polar surface area (TPSA) is 50.1 Å². The highest BCUT2D eigenvalue weighted by Gasteiger charge is 2.06. The molecule has 4 heteroatoms. The van der Waals surface area contributed by atoms with Gasteiger partial charge in [-0.1, -0.05) is 0 Å². The van der Waals surface area contributed by atoms with E-state index >= 15 is 0 Å². The van der Waals surface area contributed by atoms with Gasteiger partial charge < -0.3 is 4.74 Å². The summed E-state index contributed by atoms with van der Waals surface area (Å²) >= 11 is 0. The van der Waals surface area contributed by atoms with Crippen LogP contribution in [-0.4, -0.2) is 5.97 Å². The lowest BCUT2D eigenvalue weighted by molar-refractivity contribution is -0.131. The summed E-state index contributed by atoms with van der Waals surface area (Å²) in [6.07, 6.45) is 0.0143. The molecule has 14 heavy (non-hydrogen) atoms. The minimum absolute atomic E-state index is 0.0143. The molecule has 1 aromatic rings. The summed E-state index contributed by atoms with van der Waals surface area (Å²) in [7, 11) is 0. The summed E-state index contributed by atoms with van der Waals surface area (Å²) in [6.45, 7) is 1.25. The molecule has 72 valence electrons. The van der Waals surface area contributed by atoms with Gasteiger partial charge >= 0.3 is 5.97 Å². The van der Waals surface area contributed by atoms with Crippen molar-refractivity contribution in [3.8, 4) is 11.8 Å². The number of halogens is 1. The van der Waals surface area contributed by atoms with Crippen LogP contribution in [0.4, 0.5) is 4.39 Å². The Bertz CT molecular complexity index is 396. The van der Waals surface area contributed by atoms with Crippen LogP contribution < -0.4 is 4.74 Å². The van der Waals surface area contributed by atoms with Gasteiger partial charge in [-0.25, -0.2) is 4.39 Å². The van der Waals surface area contributed by atoms with Crippen molar-refractivity contribution in [2.75, 3.05) is 0 Å². The summed E-state index contributed by atoms with van der Waals surface area (Å²) in [6, 6.07) is 5.57. The van der Waals surface area contributed by atoms with Crippen molar-refractivity contribution in [1.29, 1.82) is 5.26 Å². The van der Waals surface area contributed by atoms with Gasteiger partial charge in [0.1, 0.15) is 11.6 Å². The van der Waals surface area contributed by atoms with E-state index in [-0.39, 0.29) is 12.2 Å². The molecule has 1 rings (SSSR count). The minimum atomic E-state index is -0.490. The Morgan fingerprint density at radius 1 is 1.64 bits per heavy atom. The summed E-state index contributed by atoms with van der Waals surface area (Å²) in [5, 5.41) is 8.46. The van der Waals surface area contributed by atoms with E-state index in [1.165, 1.54) is 25.1 Å². The number of benzene rings is 1. The first-order chi connectivity index (χ1) is 6.63. The lowest BCUT2D eigenvalue weighted by atomic mass is 10.1. The smallest absolute Gasteiger partial charge is 0.308 e. The van der Waals surface area contributed by atoms with Crippen LogP contribution in [0, 0.1) is 17.1 Å². The first-order valence-electron chi connectivity index (χ1n) is 3.97. The summed E-state index contributed by atoms with van der Waals surface area (Å²) in [4.78, 5) is 10.7. The van der Waals surface area contributed by atoms with Crippen LogP contribution in [0.3, 0.4) is 0 Å². The molecule has 0 amide bonds. The first kappa shape index (κ1) is 10.2. The Hall–Kier alpha value is -1.89. The lowest BCUT2D eigenvalue weighted by Crippen LogP contribution is -2.04. The highest BCUT2D eigenvalue weighted by Crippen LogP contribution is 2.20. The molecular formula is C10H8FNO2. The average molecular weight is 193 g/mol. The number of hydrogen-bond acceptors (Lipinski definition) is 3. The van der Waals surface area contributed by atoms with E-state index in [1.807, 2.05) is 6.07 Å². The zero-order chi connectivity index (χ0) is 10.6. The monoisotopic (exact) mass is 193 g/mol. The van der Waals surface area contributed by atoms with Crippen molar-refractivity contribution in [3.63, 3.8) is 0 Å². The summed E-state index contributed by atoms with van der Waals surface area (Å²) in [5.41, 5.74) is 0.378. The zero-order valence-corrected chi connectivity index (χ0v) is 7.58. The maximum atomic E-state index is 12.8. The van der Waals surface area contributed by atoms with Gasteiger partial charge in [0.05, 0.1) is 12.5 Å². The fourth-order valence-electron chi connectivity index (χ4n) is 1.03. The highest BCUT2D eigenvalue weighted by molar-refractivity contribution is 5.69. The van der Waals surface area contributed by atoms with Gasteiger partial charge in [0.25, 0.3) is 0 Å². The summed E-state index contributed by atoms with van der Waals surface area (Å²) < 4.78 is 17.6. The zero-order valence-electron chi connectivity index (χ0n) is 7.58. The number of nitrogens with zero attached hydrogens (tertiary/aromatic N) is 1. The molecule has 0 saturated heterocycles. The lowest BCUT2D eigenvalue weighted by Gasteiger charge is -2.05. The molecule has 3 nitrogen and oxygen atoms in total. The number of ether oxygens (including phenoxy) is 1. The molecule has 0 aliphatic carbocycles. The highest BCUT2D eigenvalue weighted by atomic mass is 19.1. The maximum absolute atomic E-state index is 12.8. The van der Waals surface area contributed by atoms with Crippen LogP contribution in [-0.2, 0) is 11.2 Å². The van der Waals surface area contributed by atoms with Crippen molar-refractivity contribution < 1.29 is 13.9 Å². The van der Waals surface area contributed by atoms with E-state index < -0.39 is 11.8 Å². The fourth-order valence-corrected chi connectivity index (χ4v) is 1.03. The van der Waals surface area contributed by atoms with E-state index in [4.69, 9.17) is 10.00 Å². The predicted octanol–water partition coefficient (Wildman–Crippen LogP) is 1.82. The van der Waals surface area contributed by atoms with Crippen molar-refractivity contribution in [2.24, 2.45) is 0 Å². The van der Waals surface area contributed by atoms with Crippen molar-refractivity contribution in [1.82, 2.24) is 0 Å². The van der Waals surface area contributed by atoms with Gasteiger partial charge in [-0.2, -0.15) is 5.26 Å². The Morgan fingerprint density at radius 2 is 2.36 bits per heavy atom. The molecule has 0 saturated carbocycles. The molecule has 1 aromatic carbocycles. The van der Waals surface area contributed by atoms with Gasteiger partial charge in [-0.15, -0.1) is 0 Å². The van der Waals surface area contributed by atoms with Gasteiger partial charge in [-0.3, -0.25) is 4.79 Å². The summed E-state index contributed by atoms with van der Waals surface area (Å²) in [5.74, 6) is -0.706. The number of carbonyl (C=O) groups is 1. The first-order valence-corrected chi connectivity index (χ1v) is 3.97. The second-order valence-electron chi connectivity index (χ2n) is 2.68. The molecule has 0 spiro atoms. The quantitative estimate of drug-likeness (QED) is 0.531. The van der Waals surface area contributed by atoms with Gasteiger partial charge in [0.15, 0.2) is 0 Å². The molecule has 0 aliphatic heterocycles. The third-order valence-electron chi connectivity index (χ3n) is 1.55. The SMILES string of the molecule is CC(=O)Oc1ccc(F)cc1CC#N. The van der Waals surface area contributed by atoms with E-state index in [0.717, 1.165) is 0 Å². The number of nitriles is 1. The molecule has 0 atom stereocenters. The molecule has 0 aliphatic rings. The Morgan fingerprint density at radius 3 is 2.93 bits per heavy atom. The van der Waals surface area contributed by atoms with Gasteiger partial charge in [0.2, 0.25) is 0 Å². The number of rotatable bonds is 2. The fraction of sp³-hybridized carbons (Fsp3) is 0.200. The molecule has 0 bridgehead atoms. The van der Waals surface area contributed by atoms with Crippen molar-refractivity contribution in [2.45, 2.75) is 13.3 Å². The van der Waals surface area contributed by atoms with E-state index in [9.17, 15) is 9.18 Å². The second-order valence-corrected chi connectivity index (χ2v) is 2.68. The third-order valence-corrected chi connectivity index (χ3v) is 1.55. The van der Waals surface area contributed by atoms with E-state index in [2.05, 4.69) is 0 Å². The Kier molecular flexibility index (Phi) is 3.19. The number of hydrogen-bond donors (Lipinski definition) is 0. The molecule has 0 radical (unpaired) electrons. The number of carbonyl (C=O) groups excluding carboxylic acids is 1. The third kappa shape index (κ3) is 2.56. The van der Waals surface area contributed by atoms with Gasteiger partial charge in [-0.05, 0) is 18.2 Å². The molecule has 0 aromatic heterocycles. The predicted molar refractivity (Wildman–Crippen MR) is 47.0 cm³/mol.